The summed E-state index contributed by atoms with van der Waals surface area (Å²) in [5.74, 6) is -1.65. The van der Waals surface area contributed by atoms with Gasteiger partial charge in [0.05, 0.1) is 5.69 Å². The van der Waals surface area contributed by atoms with Gasteiger partial charge in [-0.15, -0.1) is 0 Å². The van der Waals surface area contributed by atoms with Crippen LogP contribution in [0.1, 0.15) is 26.6 Å². The number of hydrogen-bond acceptors (Lipinski definition) is 7. The topological polar surface area (TPSA) is 164 Å². The Balaban J connectivity index is 1.50. The number of amides is 2. The van der Waals surface area contributed by atoms with Crippen LogP contribution >= 0.6 is 0 Å². The molecule has 0 saturated carbocycles. The van der Waals surface area contributed by atoms with Crippen molar-refractivity contribution in [1.82, 2.24) is 23.8 Å². The van der Waals surface area contributed by atoms with Crippen molar-refractivity contribution in [3.63, 3.8) is 0 Å². The predicted octanol–water partition coefficient (Wildman–Crippen LogP) is -0.830. The molecule has 1 fully saturated rings. The van der Waals surface area contributed by atoms with Crippen LogP contribution in [0.2, 0.25) is 0 Å². The van der Waals surface area contributed by atoms with Crippen molar-refractivity contribution < 1.29 is 22.4 Å². The molecule has 4 heterocycles. The summed E-state index contributed by atoms with van der Waals surface area (Å²) in [7, 11) is -3.98. The van der Waals surface area contributed by atoms with E-state index < -0.39 is 32.5 Å². The van der Waals surface area contributed by atoms with Gasteiger partial charge in [0, 0.05) is 38.4 Å². The molecule has 0 unspecified atom stereocenters. The quantitative estimate of drug-likeness (QED) is 0.541. The van der Waals surface area contributed by atoms with E-state index in [0.29, 0.717) is 11.3 Å². The Morgan fingerprint density at radius 3 is 2.53 bits per heavy atom. The van der Waals surface area contributed by atoms with Crippen LogP contribution in [0.5, 0.6) is 0 Å². The summed E-state index contributed by atoms with van der Waals surface area (Å²) < 4.78 is 32.9. The summed E-state index contributed by atoms with van der Waals surface area (Å²) in [6.45, 7) is 1.93. The standard InChI is InChI=1S/C17H18N6O6S/c1-10-8-13-19-16(25)11(9-23(13)20-10)17(26)21-4-6-22(7-5-21)30(27,28)14-3-2-12(29-14)15(18)24/h2-3,8-9H,4-7H2,1H3,(H2,18,24)(H,19,25). The third-order valence-corrected chi connectivity index (χ3v) is 6.54. The fraction of sp³-hybridized carbons (Fsp3) is 0.294. The van der Waals surface area contributed by atoms with E-state index in [2.05, 4.69) is 10.1 Å². The number of nitrogens with two attached hydrogens (primary N) is 1. The maximum Gasteiger partial charge on any atom is 0.284 e. The molecule has 1 aliphatic heterocycles. The second-order valence-electron chi connectivity index (χ2n) is 6.79. The molecule has 4 rings (SSSR count). The Morgan fingerprint density at radius 1 is 1.20 bits per heavy atom. The first-order valence-corrected chi connectivity index (χ1v) is 10.4. The van der Waals surface area contributed by atoms with Gasteiger partial charge in [-0.2, -0.15) is 9.40 Å². The molecule has 3 aromatic rings. The van der Waals surface area contributed by atoms with E-state index in [1.54, 1.807) is 13.0 Å². The number of hydrogen-bond donors (Lipinski definition) is 2. The smallest absolute Gasteiger partial charge is 0.284 e. The molecule has 0 atom stereocenters. The summed E-state index contributed by atoms with van der Waals surface area (Å²) in [4.78, 5) is 40.2. The molecule has 0 bridgehead atoms. The van der Waals surface area contributed by atoms with Crippen molar-refractivity contribution in [2.75, 3.05) is 26.2 Å². The van der Waals surface area contributed by atoms with Crippen molar-refractivity contribution in [3.8, 4) is 0 Å². The molecule has 12 nitrogen and oxygen atoms in total. The lowest BCUT2D eigenvalue weighted by molar-refractivity contribution is 0.0694. The summed E-state index contributed by atoms with van der Waals surface area (Å²) in [6, 6.07) is 4.03. The maximum absolute atomic E-state index is 12.8. The largest absolute Gasteiger partial charge is 0.438 e. The number of H-pyrrole nitrogens is 1. The highest BCUT2D eigenvalue weighted by atomic mass is 32.2. The van der Waals surface area contributed by atoms with Crippen LogP contribution in [0.3, 0.4) is 0 Å². The molecular formula is C17H18N6O6S. The van der Waals surface area contributed by atoms with Crippen LogP contribution in [0, 0.1) is 6.92 Å². The van der Waals surface area contributed by atoms with Crippen molar-refractivity contribution >= 4 is 27.5 Å². The van der Waals surface area contributed by atoms with Crippen molar-refractivity contribution in [3.05, 3.63) is 51.8 Å². The second-order valence-corrected chi connectivity index (χ2v) is 8.66. The number of fused-ring (bicyclic) bond motifs is 1. The first-order valence-electron chi connectivity index (χ1n) is 8.95. The summed E-state index contributed by atoms with van der Waals surface area (Å²) in [5, 5.41) is 3.78. The van der Waals surface area contributed by atoms with Gasteiger partial charge in [-0.05, 0) is 19.1 Å². The first-order chi connectivity index (χ1) is 14.2. The minimum Gasteiger partial charge on any atom is -0.438 e. The third-order valence-electron chi connectivity index (χ3n) is 4.77. The van der Waals surface area contributed by atoms with Gasteiger partial charge in [0.2, 0.25) is 5.09 Å². The van der Waals surface area contributed by atoms with Gasteiger partial charge in [-0.25, -0.2) is 12.9 Å². The van der Waals surface area contributed by atoms with Crippen LogP contribution in [0.4, 0.5) is 0 Å². The number of furan rings is 1. The molecule has 158 valence electrons. The molecule has 0 radical (unpaired) electrons. The minimum absolute atomic E-state index is 0.00169. The first kappa shape index (κ1) is 19.8. The lowest BCUT2D eigenvalue weighted by Gasteiger charge is -2.33. The highest BCUT2D eigenvalue weighted by molar-refractivity contribution is 7.89. The van der Waals surface area contributed by atoms with Crippen molar-refractivity contribution in [2.45, 2.75) is 12.0 Å². The Morgan fingerprint density at radius 2 is 1.90 bits per heavy atom. The number of carbonyl (C=O) groups is 2. The average molecular weight is 434 g/mol. The predicted molar refractivity (Wildman–Crippen MR) is 102 cm³/mol. The molecule has 0 aliphatic carbocycles. The summed E-state index contributed by atoms with van der Waals surface area (Å²) >= 11 is 0. The van der Waals surface area contributed by atoms with E-state index in [1.165, 1.54) is 21.7 Å². The van der Waals surface area contributed by atoms with E-state index in [1.807, 2.05) is 0 Å². The monoisotopic (exact) mass is 434 g/mol. The minimum atomic E-state index is -3.98. The third kappa shape index (κ3) is 3.37. The van der Waals surface area contributed by atoms with Crippen molar-refractivity contribution in [1.29, 1.82) is 0 Å². The van der Waals surface area contributed by atoms with Gasteiger partial charge in [0.25, 0.3) is 27.4 Å². The van der Waals surface area contributed by atoms with Gasteiger partial charge in [-0.1, -0.05) is 0 Å². The second kappa shape index (κ2) is 7.11. The number of rotatable bonds is 4. The fourth-order valence-corrected chi connectivity index (χ4v) is 4.58. The molecule has 3 N–H and O–H groups in total. The number of nitrogens with one attached hydrogen (secondary N) is 1. The van der Waals surface area contributed by atoms with E-state index in [0.717, 1.165) is 10.4 Å². The molecule has 30 heavy (non-hydrogen) atoms. The van der Waals surface area contributed by atoms with E-state index in [4.69, 9.17) is 10.2 Å². The molecule has 2 amide bonds. The molecule has 13 heteroatoms. The Kier molecular flexibility index (Phi) is 4.70. The van der Waals surface area contributed by atoms with Gasteiger partial charge in [0.1, 0.15) is 11.2 Å². The van der Waals surface area contributed by atoms with E-state index in [-0.39, 0.29) is 37.5 Å². The van der Waals surface area contributed by atoms with Crippen LogP contribution in [-0.4, -0.2) is 70.2 Å². The van der Waals surface area contributed by atoms with Gasteiger partial charge >= 0.3 is 0 Å². The SMILES string of the molecule is Cc1cc2[nH]c(=O)c(C(=O)N3CCN(S(=O)(=O)c4ccc(C(N)=O)o4)CC3)cn2n1. The number of primary amides is 1. The number of aryl methyl sites for hydroxylation is 1. The van der Waals surface area contributed by atoms with Crippen molar-refractivity contribution in [2.24, 2.45) is 5.73 Å². The highest BCUT2D eigenvalue weighted by Gasteiger charge is 2.33. The number of aromatic amines is 1. The highest BCUT2D eigenvalue weighted by Crippen LogP contribution is 2.20. The number of sulfonamides is 1. The molecule has 0 aromatic carbocycles. The normalized spacial score (nSPS) is 15.6. The zero-order chi connectivity index (χ0) is 21.6. The zero-order valence-corrected chi connectivity index (χ0v) is 16.7. The van der Waals surface area contributed by atoms with Crippen LogP contribution in [-0.2, 0) is 10.0 Å². The lowest BCUT2D eigenvalue weighted by Crippen LogP contribution is -2.51. The number of carbonyl (C=O) groups excluding carboxylic acids is 2. The molecule has 1 aliphatic rings. The molecule has 0 spiro atoms. The fourth-order valence-electron chi connectivity index (χ4n) is 3.25. The Bertz CT molecular complexity index is 1310. The number of piperazine rings is 1. The van der Waals surface area contributed by atoms with Gasteiger partial charge < -0.3 is 20.0 Å². The van der Waals surface area contributed by atoms with Crippen LogP contribution in [0.15, 0.2) is 38.7 Å². The summed E-state index contributed by atoms with van der Waals surface area (Å²) in [6.07, 6.45) is 1.36. The molecule has 1 saturated heterocycles. The zero-order valence-electron chi connectivity index (χ0n) is 15.9. The van der Waals surface area contributed by atoms with Gasteiger partial charge in [0.15, 0.2) is 5.76 Å². The Labute approximate surface area is 169 Å². The number of nitrogens with zero attached hydrogens (tertiary/aromatic N) is 4. The van der Waals surface area contributed by atoms with Crippen LogP contribution < -0.4 is 11.3 Å². The van der Waals surface area contributed by atoms with Gasteiger partial charge in [-0.3, -0.25) is 14.4 Å². The van der Waals surface area contributed by atoms with Crippen LogP contribution in [0.25, 0.3) is 5.65 Å². The average Bonchev–Trinajstić information content (AvgIpc) is 3.33. The lowest BCUT2D eigenvalue weighted by atomic mass is 10.2. The molecule has 3 aromatic heterocycles. The Hall–Kier alpha value is -3.45. The number of aromatic nitrogens is 3. The molecular weight excluding hydrogens is 416 g/mol. The summed E-state index contributed by atoms with van der Waals surface area (Å²) in [5.41, 5.74) is 5.61. The van der Waals surface area contributed by atoms with E-state index in [9.17, 15) is 22.8 Å². The maximum atomic E-state index is 12.8. The van der Waals surface area contributed by atoms with E-state index >= 15 is 0 Å².